The van der Waals surface area contributed by atoms with Gasteiger partial charge in [0.25, 0.3) is 15.9 Å². The molecule has 0 aliphatic carbocycles. The molecule has 2 N–H and O–H groups in total. The molecule has 0 radical (unpaired) electrons. The van der Waals surface area contributed by atoms with Crippen molar-refractivity contribution in [2.45, 2.75) is 24.8 Å². The first-order valence-electron chi connectivity index (χ1n) is 9.54. The minimum absolute atomic E-state index is 0.129. The summed E-state index contributed by atoms with van der Waals surface area (Å²) in [5.74, 6) is 0.223. The number of benzene rings is 3. The van der Waals surface area contributed by atoms with E-state index in [-0.39, 0.29) is 27.2 Å². The molecule has 1 unspecified atom stereocenters. The van der Waals surface area contributed by atoms with Crippen molar-refractivity contribution in [2.24, 2.45) is 0 Å². The summed E-state index contributed by atoms with van der Waals surface area (Å²) >= 11 is 6.22. The summed E-state index contributed by atoms with van der Waals surface area (Å²) in [4.78, 5) is 13.0. The fourth-order valence-corrected chi connectivity index (χ4v) is 4.32. The number of sulfonamides is 1. The lowest BCUT2D eigenvalue weighted by atomic mass is 10.1. The van der Waals surface area contributed by atoms with Crippen LogP contribution in [0, 0.1) is 6.92 Å². The highest BCUT2D eigenvalue weighted by molar-refractivity contribution is 7.92. The van der Waals surface area contributed by atoms with E-state index >= 15 is 0 Å². The molecule has 0 aliphatic rings. The molecule has 31 heavy (non-hydrogen) atoms. The van der Waals surface area contributed by atoms with E-state index in [9.17, 15) is 13.2 Å². The molecule has 0 fully saturated rings. The van der Waals surface area contributed by atoms with Crippen LogP contribution < -0.4 is 14.8 Å². The summed E-state index contributed by atoms with van der Waals surface area (Å²) in [6.45, 7) is 3.70. The molecule has 0 saturated carbocycles. The maximum atomic E-state index is 12.9. The van der Waals surface area contributed by atoms with Gasteiger partial charge in [-0.15, -0.1) is 0 Å². The second-order valence-electron chi connectivity index (χ2n) is 7.05. The molecule has 0 aromatic heterocycles. The Kier molecular flexibility index (Phi) is 6.87. The van der Waals surface area contributed by atoms with Crippen LogP contribution in [0.2, 0.25) is 5.02 Å². The van der Waals surface area contributed by atoms with Crippen LogP contribution in [0.4, 0.5) is 5.69 Å². The summed E-state index contributed by atoms with van der Waals surface area (Å²) in [6, 6.07) is 17.9. The van der Waals surface area contributed by atoms with Crippen LogP contribution in [0.25, 0.3) is 0 Å². The highest BCUT2D eigenvalue weighted by Crippen LogP contribution is 2.27. The van der Waals surface area contributed by atoms with Gasteiger partial charge >= 0.3 is 0 Å². The first-order chi connectivity index (χ1) is 14.7. The lowest BCUT2D eigenvalue weighted by Gasteiger charge is -2.18. The summed E-state index contributed by atoms with van der Waals surface area (Å²) < 4.78 is 33.1. The van der Waals surface area contributed by atoms with Gasteiger partial charge in [-0.2, -0.15) is 0 Å². The van der Waals surface area contributed by atoms with Gasteiger partial charge in [0, 0.05) is 11.3 Å². The first-order valence-corrected chi connectivity index (χ1v) is 11.4. The van der Waals surface area contributed by atoms with Crippen molar-refractivity contribution in [1.82, 2.24) is 5.32 Å². The maximum absolute atomic E-state index is 12.9. The Bertz CT molecular complexity index is 1190. The predicted octanol–water partition coefficient (Wildman–Crippen LogP) is 4.95. The molecule has 0 saturated heterocycles. The van der Waals surface area contributed by atoms with E-state index < -0.39 is 15.9 Å². The number of hydrogen-bond acceptors (Lipinski definition) is 4. The Labute approximate surface area is 187 Å². The minimum Gasteiger partial charge on any atom is -0.496 e. The van der Waals surface area contributed by atoms with E-state index in [0.717, 1.165) is 11.1 Å². The number of aryl methyl sites for hydroxylation is 1. The van der Waals surface area contributed by atoms with Crippen LogP contribution in [0.3, 0.4) is 0 Å². The molecule has 3 aromatic rings. The van der Waals surface area contributed by atoms with E-state index in [2.05, 4.69) is 10.0 Å². The Balaban J connectivity index is 1.82. The van der Waals surface area contributed by atoms with Crippen molar-refractivity contribution in [3.8, 4) is 5.75 Å². The van der Waals surface area contributed by atoms with Gasteiger partial charge in [0.1, 0.15) is 5.75 Å². The van der Waals surface area contributed by atoms with Gasteiger partial charge in [-0.05, 0) is 50.2 Å². The van der Waals surface area contributed by atoms with Crippen LogP contribution in [-0.2, 0) is 10.0 Å². The van der Waals surface area contributed by atoms with Gasteiger partial charge in [0.15, 0.2) is 0 Å². The average molecular weight is 459 g/mol. The Hall–Kier alpha value is -3.03. The Morgan fingerprint density at radius 2 is 1.71 bits per heavy atom. The molecule has 6 nitrogen and oxygen atoms in total. The number of halogens is 1. The number of hydrogen-bond donors (Lipinski definition) is 2. The molecule has 1 atom stereocenters. The zero-order valence-electron chi connectivity index (χ0n) is 17.3. The fourth-order valence-electron chi connectivity index (χ4n) is 3.07. The molecule has 0 bridgehead atoms. The third-order valence-corrected chi connectivity index (χ3v) is 6.47. The molecular formula is C23H23ClN2O4S. The second-order valence-corrected chi connectivity index (χ2v) is 9.14. The van der Waals surface area contributed by atoms with Crippen molar-refractivity contribution >= 4 is 33.2 Å². The zero-order chi connectivity index (χ0) is 22.6. The fraction of sp³-hybridized carbons (Fsp3) is 0.174. The van der Waals surface area contributed by atoms with Gasteiger partial charge in [-0.3, -0.25) is 9.52 Å². The zero-order valence-corrected chi connectivity index (χ0v) is 18.9. The monoisotopic (exact) mass is 458 g/mol. The summed E-state index contributed by atoms with van der Waals surface area (Å²) in [5, 5.41) is 3.09. The number of anilines is 1. The highest BCUT2D eigenvalue weighted by atomic mass is 35.5. The number of carbonyl (C=O) groups excluding carboxylic acids is 1. The van der Waals surface area contributed by atoms with Crippen molar-refractivity contribution in [1.29, 1.82) is 0 Å². The number of carbonyl (C=O) groups is 1. The Morgan fingerprint density at radius 1 is 1.03 bits per heavy atom. The Morgan fingerprint density at radius 3 is 2.39 bits per heavy atom. The highest BCUT2D eigenvalue weighted by Gasteiger charge is 2.19. The normalized spacial score (nSPS) is 12.1. The van der Waals surface area contributed by atoms with Crippen LogP contribution in [0.15, 0.2) is 71.6 Å². The van der Waals surface area contributed by atoms with Crippen LogP contribution in [-0.4, -0.2) is 21.4 Å². The van der Waals surface area contributed by atoms with Gasteiger partial charge in [-0.1, -0.05) is 47.5 Å². The third-order valence-electron chi connectivity index (χ3n) is 4.75. The molecule has 8 heteroatoms. The summed E-state index contributed by atoms with van der Waals surface area (Å²) in [6.07, 6.45) is 0. The van der Waals surface area contributed by atoms with E-state index in [4.69, 9.17) is 16.3 Å². The molecule has 3 rings (SSSR count). The van der Waals surface area contributed by atoms with E-state index in [1.807, 2.05) is 38.1 Å². The van der Waals surface area contributed by atoms with Gasteiger partial charge in [0.05, 0.1) is 28.6 Å². The smallest absolute Gasteiger partial charge is 0.261 e. The van der Waals surface area contributed by atoms with Crippen molar-refractivity contribution in [2.75, 3.05) is 11.8 Å². The second kappa shape index (κ2) is 9.41. The molecule has 0 spiro atoms. The third kappa shape index (κ3) is 5.37. The minimum atomic E-state index is -3.80. The molecular weight excluding hydrogens is 436 g/mol. The average Bonchev–Trinajstić information content (AvgIpc) is 2.75. The SMILES string of the molecule is COc1ccccc1C(C)NC(=O)c1cc(NS(=O)(=O)c2ccc(C)cc2)ccc1Cl. The number of ether oxygens (including phenoxy) is 1. The van der Waals surface area contributed by atoms with Crippen molar-refractivity contribution < 1.29 is 17.9 Å². The molecule has 0 aliphatic heterocycles. The first kappa shape index (κ1) is 22.7. The number of methoxy groups -OCH3 is 1. The lowest BCUT2D eigenvalue weighted by Crippen LogP contribution is -2.27. The molecule has 162 valence electrons. The van der Waals surface area contributed by atoms with Crippen LogP contribution >= 0.6 is 11.6 Å². The number of nitrogens with one attached hydrogen (secondary N) is 2. The van der Waals surface area contributed by atoms with E-state index in [1.165, 1.54) is 30.3 Å². The predicted molar refractivity (Wildman–Crippen MR) is 122 cm³/mol. The quantitative estimate of drug-likeness (QED) is 0.524. The standard InChI is InChI=1S/C23H23ClN2O4S/c1-15-8-11-18(12-9-15)31(28,29)26-17-10-13-21(24)20(14-17)23(27)25-16(2)19-6-4-5-7-22(19)30-3/h4-14,16,26H,1-3H3,(H,25,27). The van der Waals surface area contributed by atoms with E-state index in [0.29, 0.717) is 5.75 Å². The summed E-state index contributed by atoms with van der Waals surface area (Å²) in [5.41, 5.74) is 2.16. The topological polar surface area (TPSA) is 84.5 Å². The van der Waals surface area contributed by atoms with Gasteiger partial charge in [-0.25, -0.2) is 8.42 Å². The molecule has 3 aromatic carbocycles. The number of rotatable bonds is 7. The molecule has 1 amide bonds. The lowest BCUT2D eigenvalue weighted by molar-refractivity contribution is 0.0939. The van der Waals surface area contributed by atoms with Crippen molar-refractivity contribution in [3.05, 3.63) is 88.4 Å². The van der Waals surface area contributed by atoms with Gasteiger partial charge in [0.2, 0.25) is 0 Å². The largest absolute Gasteiger partial charge is 0.496 e. The maximum Gasteiger partial charge on any atom is 0.261 e. The number of amides is 1. The number of para-hydroxylation sites is 1. The molecule has 0 heterocycles. The van der Waals surface area contributed by atoms with E-state index in [1.54, 1.807) is 19.2 Å². The van der Waals surface area contributed by atoms with Crippen LogP contribution in [0.5, 0.6) is 5.75 Å². The summed E-state index contributed by atoms with van der Waals surface area (Å²) in [7, 11) is -2.24. The van der Waals surface area contributed by atoms with Crippen LogP contribution in [0.1, 0.15) is 34.5 Å². The van der Waals surface area contributed by atoms with Crippen molar-refractivity contribution in [3.63, 3.8) is 0 Å². The van der Waals surface area contributed by atoms with Gasteiger partial charge < -0.3 is 10.1 Å².